The number of rotatable bonds is 6. The van der Waals surface area contributed by atoms with Crippen molar-refractivity contribution in [2.24, 2.45) is 0 Å². The highest BCUT2D eigenvalue weighted by atomic mass is 32.2. The molecule has 1 aliphatic heterocycles. The molecule has 0 bridgehead atoms. The van der Waals surface area contributed by atoms with E-state index in [1.54, 1.807) is 0 Å². The fourth-order valence-corrected chi connectivity index (χ4v) is 4.35. The molecule has 0 aliphatic carbocycles. The number of nitrogens with one attached hydrogen (secondary N) is 1. The molecule has 1 aliphatic rings. The van der Waals surface area contributed by atoms with Gasteiger partial charge in [-0.05, 0) is 49.9 Å². The van der Waals surface area contributed by atoms with Crippen LogP contribution in [-0.2, 0) is 16.4 Å². The molecule has 0 spiro atoms. The molecule has 1 atom stereocenters. The van der Waals surface area contributed by atoms with Crippen LogP contribution in [0, 0.1) is 13.8 Å². The lowest BCUT2D eigenvalue weighted by atomic mass is 10.1. The third-order valence-corrected chi connectivity index (χ3v) is 5.49. The van der Waals surface area contributed by atoms with Crippen LogP contribution in [0.4, 0.5) is 0 Å². The summed E-state index contributed by atoms with van der Waals surface area (Å²) in [7, 11) is -2.90. The van der Waals surface area contributed by atoms with E-state index in [4.69, 9.17) is 4.74 Å². The first-order chi connectivity index (χ1) is 9.91. The predicted molar refractivity (Wildman–Crippen MR) is 85.6 cm³/mol. The van der Waals surface area contributed by atoms with E-state index in [0.29, 0.717) is 6.42 Å². The molecule has 1 unspecified atom stereocenters. The van der Waals surface area contributed by atoms with Crippen molar-refractivity contribution in [3.8, 4) is 5.75 Å². The molecular weight excluding hydrogens is 286 g/mol. The maximum absolute atomic E-state index is 11.5. The highest BCUT2D eigenvalue weighted by Gasteiger charge is 2.30. The van der Waals surface area contributed by atoms with Crippen molar-refractivity contribution in [1.29, 1.82) is 0 Å². The van der Waals surface area contributed by atoms with Gasteiger partial charge in [-0.2, -0.15) is 0 Å². The molecule has 1 aromatic carbocycles. The Bertz CT molecular complexity index is 573. The largest absolute Gasteiger partial charge is 0.489 e. The van der Waals surface area contributed by atoms with Crippen LogP contribution in [0.1, 0.15) is 36.5 Å². The first-order valence-corrected chi connectivity index (χ1v) is 9.41. The minimum Gasteiger partial charge on any atom is -0.489 e. The SMILES string of the molecule is CCCNCc1cc(C)c(OC2CCS(=O)(=O)C2)c(C)c1. The van der Waals surface area contributed by atoms with Gasteiger partial charge in [0.25, 0.3) is 0 Å². The van der Waals surface area contributed by atoms with E-state index in [2.05, 4.69) is 24.4 Å². The van der Waals surface area contributed by atoms with E-state index >= 15 is 0 Å². The first kappa shape index (κ1) is 16.3. The Morgan fingerprint density at radius 3 is 2.48 bits per heavy atom. The van der Waals surface area contributed by atoms with E-state index in [-0.39, 0.29) is 17.6 Å². The fourth-order valence-electron chi connectivity index (χ4n) is 2.76. The molecule has 0 radical (unpaired) electrons. The Morgan fingerprint density at radius 1 is 1.29 bits per heavy atom. The lowest BCUT2D eigenvalue weighted by Crippen LogP contribution is -2.19. The average molecular weight is 311 g/mol. The van der Waals surface area contributed by atoms with Crippen LogP contribution in [0.2, 0.25) is 0 Å². The number of hydrogen-bond acceptors (Lipinski definition) is 4. The van der Waals surface area contributed by atoms with Gasteiger partial charge < -0.3 is 10.1 Å². The molecule has 0 aromatic heterocycles. The maximum Gasteiger partial charge on any atom is 0.154 e. The third kappa shape index (κ3) is 4.45. The van der Waals surface area contributed by atoms with Crippen molar-refractivity contribution in [3.05, 3.63) is 28.8 Å². The molecule has 1 aromatic rings. The van der Waals surface area contributed by atoms with Gasteiger partial charge in [0.1, 0.15) is 11.9 Å². The molecule has 1 fully saturated rings. The topological polar surface area (TPSA) is 55.4 Å². The summed E-state index contributed by atoms with van der Waals surface area (Å²) in [6.07, 6.45) is 1.52. The highest BCUT2D eigenvalue weighted by molar-refractivity contribution is 7.91. The fraction of sp³-hybridized carbons (Fsp3) is 0.625. The summed E-state index contributed by atoms with van der Waals surface area (Å²) in [5.74, 6) is 1.23. The Kier molecular flexibility index (Phi) is 5.27. The quantitative estimate of drug-likeness (QED) is 0.820. The number of ether oxygens (including phenoxy) is 1. The summed E-state index contributed by atoms with van der Waals surface area (Å²) in [6, 6.07) is 4.24. The zero-order chi connectivity index (χ0) is 15.5. The van der Waals surface area contributed by atoms with Gasteiger partial charge in [0.05, 0.1) is 11.5 Å². The predicted octanol–water partition coefficient (Wildman–Crippen LogP) is 2.37. The molecule has 118 valence electrons. The molecular formula is C16H25NO3S. The Balaban J connectivity index is 2.07. The monoisotopic (exact) mass is 311 g/mol. The van der Waals surface area contributed by atoms with Gasteiger partial charge in [0, 0.05) is 6.54 Å². The zero-order valence-electron chi connectivity index (χ0n) is 13.1. The van der Waals surface area contributed by atoms with Gasteiger partial charge >= 0.3 is 0 Å². The number of benzene rings is 1. The van der Waals surface area contributed by atoms with Crippen molar-refractivity contribution in [2.75, 3.05) is 18.1 Å². The third-order valence-electron chi connectivity index (χ3n) is 3.75. The summed E-state index contributed by atoms with van der Waals surface area (Å²) in [5.41, 5.74) is 3.39. The van der Waals surface area contributed by atoms with Crippen LogP contribution >= 0.6 is 0 Å². The van der Waals surface area contributed by atoms with Crippen LogP contribution < -0.4 is 10.1 Å². The van der Waals surface area contributed by atoms with Crippen molar-refractivity contribution in [2.45, 2.75) is 46.3 Å². The van der Waals surface area contributed by atoms with Gasteiger partial charge in [0.15, 0.2) is 9.84 Å². The molecule has 1 N–H and O–H groups in total. The van der Waals surface area contributed by atoms with E-state index in [1.165, 1.54) is 5.56 Å². The van der Waals surface area contributed by atoms with Crippen molar-refractivity contribution >= 4 is 9.84 Å². The number of hydrogen-bond donors (Lipinski definition) is 1. The van der Waals surface area contributed by atoms with E-state index in [0.717, 1.165) is 36.4 Å². The molecule has 5 heteroatoms. The minimum absolute atomic E-state index is 0.145. The summed E-state index contributed by atoms with van der Waals surface area (Å²) in [6.45, 7) is 8.06. The van der Waals surface area contributed by atoms with E-state index in [1.807, 2.05) is 13.8 Å². The summed E-state index contributed by atoms with van der Waals surface area (Å²) < 4.78 is 29.0. The van der Waals surface area contributed by atoms with Gasteiger partial charge in [-0.3, -0.25) is 0 Å². The summed E-state index contributed by atoms with van der Waals surface area (Å²) in [5, 5.41) is 3.39. The molecule has 1 heterocycles. The smallest absolute Gasteiger partial charge is 0.154 e. The van der Waals surface area contributed by atoms with E-state index in [9.17, 15) is 8.42 Å². The molecule has 0 amide bonds. The zero-order valence-corrected chi connectivity index (χ0v) is 13.9. The highest BCUT2D eigenvalue weighted by Crippen LogP contribution is 2.28. The van der Waals surface area contributed by atoms with Crippen LogP contribution in [0.5, 0.6) is 5.75 Å². The van der Waals surface area contributed by atoms with Crippen LogP contribution in [0.3, 0.4) is 0 Å². The average Bonchev–Trinajstić information content (AvgIpc) is 2.74. The second-order valence-electron chi connectivity index (χ2n) is 5.88. The Labute approximate surface area is 127 Å². The maximum atomic E-state index is 11.5. The second-order valence-corrected chi connectivity index (χ2v) is 8.11. The van der Waals surface area contributed by atoms with Gasteiger partial charge in [-0.15, -0.1) is 0 Å². The lowest BCUT2D eigenvalue weighted by molar-refractivity contribution is 0.226. The Hall–Kier alpha value is -1.07. The van der Waals surface area contributed by atoms with Crippen molar-refractivity contribution in [1.82, 2.24) is 5.32 Å². The van der Waals surface area contributed by atoms with Crippen LogP contribution in [0.15, 0.2) is 12.1 Å². The summed E-state index contributed by atoms with van der Waals surface area (Å²) in [4.78, 5) is 0. The second kappa shape index (κ2) is 6.79. The first-order valence-electron chi connectivity index (χ1n) is 7.59. The van der Waals surface area contributed by atoms with Gasteiger partial charge in [-0.25, -0.2) is 8.42 Å². The molecule has 2 rings (SSSR count). The standard InChI is InChI=1S/C16H25NO3S/c1-4-6-17-10-14-8-12(2)16(13(3)9-14)20-15-5-7-21(18,19)11-15/h8-9,15,17H,4-7,10-11H2,1-3H3. The minimum atomic E-state index is -2.90. The number of sulfone groups is 1. The molecule has 21 heavy (non-hydrogen) atoms. The molecule has 1 saturated heterocycles. The number of aryl methyl sites for hydroxylation is 2. The molecule has 0 saturated carbocycles. The van der Waals surface area contributed by atoms with Crippen molar-refractivity contribution in [3.63, 3.8) is 0 Å². The Morgan fingerprint density at radius 2 is 1.95 bits per heavy atom. The van der Waals surface area contributed by atoms with E-state index < -0.39 is 9.84 Å². The normalized spacial score (nSPS) is 20.6. The lowest BCUT2D eigenvalue weighted by Gasteiger charge is -2.18. The van der Waals surface area contributed by atoms with Crippen LogP contribution in [0.25, 0.3) is 0 Å². The van der Waals surface area contributed by atoms with Crippen molar-refractivity contribution < 1.29 is 13.2 Å². The van der Waals surface area contributed by atoms with Crippen LogP contribution in [-0.4, -0.2) is 32.6 Å². The van der Waals surface area contributed by atoms with Gasteiger partial charge in [-0.1, -0.05) is 19.1 Å². The molecule has 4 nitrogen and oxygen atoms in total. The van der Waals surface area contributed by atoms with Gasteiger partial charge in [0.2, 0.25) is 0 Å². The summed E-state index contributed by atoms with van der Waals surface area (Å²) >= 11 is 0.